The second kappa shape index (κ2) is 6.28. The van der Waals surface area contributed by atoms with E-state index in [4.69, 9.17) is 0 Å². The van der Waals surface area contributed by atoms with E-state index < -0.39 is 33.2 Å². The first-order valence-electron chi connectivity index (χ1n) is 8.03. The molecule has 2 atom stereocenters. The van der Waals surface area contributed by atoms with Crippen LogP contribution in [0, 0.1) is 0 Å². The Balaban J connectivity index is 1.74. The Morgan fingerprint density at radius 1 is 1.16 bits per heavy atom. The summed E-state index contributed by atoms with van der Waals surface area (Å²) in [5.74, 6) is -0.773. The molecule has 0 aromatic heterocycles. The average Bonchev–Trinajstić information content (AvgIpc) is 2.79. The maximum Gasteiger partial charge on any atom is 0.417 e. The zero-order chi connectivity index (χ0) is 18.4. The van der Waals surface area contributed by atoms with Gasteiger partial charge in [0, 0.05) is 18.1 Å². The van der Waals surface area contributed by atoms with Crippen molar-refractivity contribution in [3.63, 3.8) is 0 Å². The van der Waals surface area contributed by atoms with Crippen molar-refractivity contribution in [3.05, 3.63) is 35.4 Å². The van der Waals surface area contributed by atoms with Gasteiger partial charge in [0.2, 0.25) is 10.0 Å². The first-order valence-corrected chi connectivity index (χ1v) is 9.88. The van der Waals surface area contributed by atoms with E-state index in [0.29, 0.717) is 25.7 Å². The number of rotatable bonds is 3. The normalized spacial score (nSPS) is 27.3. The molecule has 9 heteroatoms. The van der Waals surface area contributed by atoms with Crippen LogP contribution in [0.5, 0.6) is 0 Å². The molecule has 2 heterocycles. The summed E-state index contributed by atoms with van der Waals surface area (Å²) in [4.78, 5) is 12.3. The van der Waals surface area contributed by atoms with Gasteiger partial charge in [-0.25, -0.2) is 8.42 Å². The quantitative estimate of drug-likeness (QED) is 0.881. The summed E-state index contributed by atoms with van der Waals surface area (Å²) in [6, 6.07) is 3.94. The number of halogens is 3. The van der Waals surface area contributed by atoms with Gasteiger partial charge in [-0.1, -0.05) is 12.1 Å². The summed E-state index contributed by atoms with van der Waals surface area (Å²) in [7, 11) is -3.32. The number of sulfonamides is 1. The van der Waals surface area contributed by atoms with E-state index in [2.05, 4.69) is 5.32 Å². The SMILES string of the molecule is CS(=O)(=O)N1C2CCC1CC(NC(=O)c1ccccc1C(F)(F)F)C2. The molecule has 3 rings (SSSR count). The summed E-state index contributed by atoms with van der Waals surface area (Å²) >= 11 is 0. The summed E-state index contributed by atoms with van der Waals surface area (Å²) in [6.07, 6.45) is -1.18. The van der Waals surface area contributed by atoms with Crippen molar-refractivity contribution in [2.45, 2.75) is 50.0 Å². The average molecular weight is 376 g/mol. The summed E-state index contributed by atoms with van der Waals surface area (Å²) in [5, 5.41) is 2.66. The highest BCUT2D eigenvalue weighted by molar-refractivity contribution is 7.88. The van der Waals surface area contributed by atoms with Gasteiger partial charge in [-0.3, -0.25) is 4.79 Å². The van der Waals surface area contributed by atoms with Crippen LogP contribution in [0.25, 0.3) is 0 Å². The molecule has 138 valence electrons. The summed E-state index contributed by atoms with van der Waals surface area (Å²) in [5.41, 5.74) is -1.38. The van der Waals surface area contributed by atoms with Gasteiger partial charge in [0.05, 0.1) is 17.4 Å². The summed E-state index contributed by atoms with van der Waals surface area (Å²) < 4.78 is 64.4. The van der Waals surface area contributed by atoms with Gasteiger partial charge in [0.25, 0.3) is 5.91 Å². The standard InChI is InChI=1S/C16H19F3N2O3S/c1-25(23,24)21-11-6-7-12(21)9-10(8-11)20-15(22)13-4-2-3-5-14(13)16(17,18)19/h2-5,10-12H,6-9H2,1H3,(H,20,22). The Hall–Kier alpha value is -1.61. The lowest BCUT2D eigenvalue weighted by Gasteiger charge is -2.37. The first kappa shape index (κ1) is 18.2. The third-order valence-corrected chi connectivity index (χ3v) is 6.22. The monoisotopic (exact) mass is 376 g/mol. The lowest BCUT2D eigenvalue weighted by atomic mass is 9.98. The molecule has 2 unspecified atom stereocenters. The maximum absolute atomic E-state index is 13.1. The van der Waals surface area contributed by atoms with Crippen molar-refractivity contribution in [2.24, 2.45) is 0 Å². The molecule has 1 amide bonds. The molecular formula is C16H19F3N2O3S. The van der Waals surface area contributed by atoms with E-state index in [-0.39, 0.29) is 18.1 Å². The van der Waals surface area contributed by atoms with Gasteiger partial charge in [-0.15, -0.1) is 0 Å². The molecule has 2 aliphatic rings. The summed E-state index contributed by atoms with van der Waals surface area (Å²) in [6.45, 7) is 0. The second-order valence-corrected chi connectivity index (χ2v) is 8.55. The Kier molecular flexibility index (Phi) is 4.57. The molecule has 2 aliphatic heterocycles. The van der Waals surface area contributed by atoms with Crippen LogP contribution in [0.15, 0.2) is 24.3 Å². The lowest BCUT2D eigenvalue weighted by Crippen LogP contribution is -2.52. The molecule has 2 saturated heterocycles. The minimum absolute atomic E-state index is 0.197. The van der Waals surface area contributed by atoms with Crippen LogP contribution in [0.1, 0.15) is 41.6 Å². The van der Waals surface area contributed by atoms with E-state index in [1.54, 1.807) is 0 Å². The number of nitrogens with zero attached hydrogens (tertiary/aromatic N) is 1. The highest BCUT2D eigenvalue weighted by Crippen LogP contribution is 2.38. The Morgan fingerprint density at radius 2 is 1.72 bits per heavy atom. The molecule has 0 aliphatic carbocycles. The van der Waals surface area contributed by atoms with Gasteiger partial charge in [0.1, 0.15) is 0 Å². The molecule has 0 saturated carbocycles. The van der Waals surface area contributed by atoms with Crippen LogP contribution >= 0.6 is 0 Å². The molecule has 1 aromatic carbocycles. The van der Waals surface area contributed by atoms with E-state index in [9.17, 15) is 26.4 Å². The number of benzene rings is 1. The van der Waals surface area contributed by atoms with Gasteiger partial charge in [0.15, 0.2) is 0 Å². The number of nitrogens with one attached hydrogen (secondary N) is 1. The van der Waals surface area contributed by atoms with Crippen LogP contribution in [-0.2, 0) is 16.2 Å². The van der Waals surface area contributed by atoms with Crippen molar-refractivity contribution in [1.29, 1.82) is 0 Å². The van der Waals surface area contributed by atoms with Crippen molar-refractivity contribution < 1.29 is 26.4 Å². The highest BCUT2D eigenvalue weighted by atomic mass is 32.2. The minimum Gasteiger partial charge on any atom is -0.349 e. The van der Waals surface area contributed by atoms with Gasteiger partial charge in [-0.2, -0.15) is 17.5 Å². The number of carbonyl (C=O) groups excluding carboxylic acids is 1. The predicted molar refractivity (Wildman–Crippen MR) is 85.4 cm³/mol. The number of fused-ring (bicyclic) bond motifs is 2. The number of hydrogen-bond donors (Lipinski definition) is 1. The van der Waals surface area contributed by atoms with Crippen LogP contribution in [0.2, 0.25) is 0 Å². The molecule has 1 aromatic rings. The lowest BCUT2D eigenvalue weighted by molar-refractivity contribution is -0.137. The topological polar surface area (TPSA) is 66.5 Å². The number of hydrogen-bond acceptors (Lipinski definition) is 3. The fourth-order valence-electron chi connectivity index (χ4n) is 3.98. The third kappa shape index (κ3) is 3.67. The van der Waals surface area contributed by atoms with Crippen molar-refractivity contribution in [2.75, 3.05) is 6.26 Å². The number of carbonyl (C=O) groups is 1. The third-order valence-electron chi connectivity index (χ3n) is 4.86. The zero-order valence-corrected chi connectivity index (χ0v) is 14.4. The Morgan fingerprint density at radius 3 is 2.24 bits per heavy atom. The number of alkyl halides is 3. The van der Waals surface area contributed by atoms with Gasteiger partial charge >= 0.3 is 6.18 Å². The second-order valence-electron chi connectivity index (χ2n) is 6.66. The smallest absolute Gasteiger partial charge is 0.349 e. The van der Waals surface area contributed by atoms with Crippen LogP contribution in [0.4, 0.5) is 13.2 Å². The number of piperidine rings is 1. The minimum atomic E-state index is -4.60. The molecule has 5 nitrogen and oxygen atoms in total. The molecule has 1 N–H and O–H groups in total. The van der Waals surface area contributed by atoms with E-state index in [1.807, 2.05) is 0 Å². The maximum atomic E-state index is 13.1. The van der Waals surface area contributed by atoms with Crippen LogP contribution in [-0.4, -0.2) is 43.0 Å². The van der Waals surface area contributed by atoms with E-state index in [0.717, 1.165) is 18.4 Å². The Labute approximate surface area is 144 Å². The largest absolute Gasteiger partial charge is 0.417 e. The number of amides is 1. The van der Waals surface area contributed by atoms with Crippen molar-refractivity contribution in [1.82, 2.24) is 9.62 Å². The van der Waals surface area contributed by atoms with Crippen molar-refractivity contribution in [3.8, 4) is 0 Å². The molecule has 25 heavy (non-hydrogen) atoms. The Bertz CT molecular complexity index is 765. The van der Waals surface area contributed by atoms with E-state index in [1.165, 1.54) is 16.4 Å². The highest BCUT2D eigenvalue weighted by Gasteiger charge is 2.45. The van der Waals surface area contributed by atoms with Crippen LogP contribution < -0.4 is 5.32 Å². The fraction of sp³-hybridized carbons (Fsp3) is 0.562. The predicted octanol–water partition coefficient (Wildman–Crippen LogP) is 2.39. The molecule has 0 spiro atoms. The van der Waals surface area contributed by atoms with Crippen LogP contribution in [0.3, 0.4) is 0 Å². The van der Waals surface area contributed by atoms with Gasteiger partial charge < -0.3 is 5.32 Å². The first-order chi connectivity index (χ1) is 11.6. The molecular weight excluding hydrogens is 357 g/mol. The molecule has 2 bridgehead atoms. The van der Waals surface area contributed by atoms with E-state index >= 15 is 0 Å². The van der Waals surface area contributed by atoms with Gasteiger partial charge in [-0.05, 0) is 37.8 Å². The zero-order valence-electron chi connectivity index (χ0n) is 13.6. The van der Waals surface area contributed by atoms with Crippen molar-refractivity contribution >= 4 is 15.9 Å². The molecule has 2 fully saturated rings. The fourth-order valence-corrected chi connectivity index (χ4v) is 5.45. The molecule has 0 radical (unpaired) electrons.